The minimum absolute atomic E-state index is 0.0376. The highest BCUT2D eigenvalue weighted by Crippen LogP contribution is 2.38. The van der Waals surface area contributed by atoms with Crippen molar-refractivity contribution in [2.75, 3.05) is 47.5 Å². The van der Waals surface area contributed by atoms with Gasteiger partial charge in [0, 0.05) is 12.8 Å². The van der Waals surface area contributed by atoms with Crippen LogP contribution in [-0.4, -0.2) is 70.0 Å². The van der Waals surface area contributed by atoms with Crippen LogP contribution in [0, 0.1) is 0 Å². The van der Waals surface area contributed by atoms with Crippen LogP contribution in [0.1, 0.15) is 232 Å². The average Bonchev–Trinajstić information content (AvgIpc) is 3.23. The number of likely N-dealkylation sites (N-methyl/N-ethyl adjacent to an activating group) is 1. The fraction of sp³-hybridized carbons (Fsp3) is 0.846. The minimum atomic E-state index is -4.64. The van der Waals surface area contributed by atoms with E-state index in [1.54, 1.807) is 0 Å². The van der Waals surface area contributed by atoms with Crippen molar-refractivity contribution in [1.82, 2.24) is 0 Å². The number of hydrogen-bond donors (Lipinski definition) is 0. The van der Waals surface area contributed by atoms with Crippen LogP contribution < -0.4 is 4.89 Å². The first-order chi connectivity index (χ1) is 30.0. The predicted molar refractivity (Wildman–Crippen MR) is 259 cm³/mol. The maximum Gasteiger partial charge on any atom is 0.306 e. The third kappa shape index (κ3) is 47.7. The number of hydrogen-bond acceptors (Lipinski definition) is 8. The third-order valence-electron chi connectivity index (χ3n) is 11.1. The lowest BCUT2D eigenvalue weighted by atomic mass is 10.0. The Balaban J connectivity index is 4.28. The molecule has 0 aromatic heterocycles. The van der Waals surface area contributed by atoms with Gasteiger partial charge in [0.25, 0.3) is 7.82 Å². The maximum absolute atomic E-state index is 12.7. The first-order valence-corrected chi connectivity index (χ1v) is 27.2. The van der Waals surface area contributed by atoms with Crippen LogP contribution >= 0.6 is 7.82 Å². The molecule has 10 heteroatoms. The van der Waals surface area contributed by atoms with E-state index < -0.39 is 32.5 Å². The monoisotopic (exact) mass is 896 g/mol. The number of phosphoric ester groups is 1. The molecule has 364 valence electrons. The van der Waals surface area contributed by atoms with Gasteiger partial charge in [0.15, 0.2) is 6.10 Å². The molecule has 0 aromatic rings. The molecule has 0 rings (SSSR count). The van der Waals surface area contributed by atoms with Gasteiger partial charge in [-0.2, -0.15) is 0 Å². The van der Waals surface area contributed by atoms with E-state index in [0.29, 0.717) is 17.4 Å². The molecule has 0 fully saturated rings. The van der Waals surface area contributed by atoms with Gasteiger partial charge in [-0.3, -0.25) is 14.2 Å². The summed E-state index contributed by atoms with van der Waals surface area (Å²) in [5.74, 6) is -0.880. The van der Waals surface area contributed by atoms with E-state index in [4.69, 9.17) is 18.5 Å². The van der Waals surface area contributed by atoms with Crippen LogP contribution in [0.4, 0.5) is 0 Å². The fourth-order valence-corrected chi connectivity index (χ4v) is 7.80. The summed E-state index contributed by atoms with van der Waals surface area (Å²) >= 11 is 0. The van der Waals surface area contributed by atoms with Crippen LogP contribution in [-0.2, 0) is 32.7 Å². The second kappa shape index (κ2) is 44.4. The molecule has 0 N–H and O–H groups in total. The van der Waals surface area contributed by atoms with Crippen LogP contribution in [0.15, 0.2) is 36.5 Å². The summed E-state index contributed by atoms with van der Waals surface area (Å²) in [4.78, 5) is 37.7. The van der Waals surface area contributed by atoms with E-state index in [1.165, 1.54) is 154 Å². The Morgan fingerprint density at radius 3 is 1.34 bits per heavy atom. The standard InChI is InChI=1S/C52H98NO8P/c1-6-8-10-12-14-16-18-20-22-23-24-25-26-27-28-29-31-33-35-37-39-41-43-45-52(55)61-50(49-60-62(56,57)59-47-46-53(3,4)5)48-58-51(54)44-42-40-38-36-34-32-30-21-19-17-15-13-11-9-7-2/h13,15,29,31,37,39,50H,6-12,14,16-28,30,32-36,38,40-49H2,1-5H3/b15-13+,31-29+,39-37+/t50-/m1/s1. The quantitative estimate of drug-likeness (QED) is 0.0195. The number of unbranched alkanes of at least 4 members (excludes halogenated alkanes) is 27. The SMILES string of the molecule is CCCC/C=C/CCCCCCCCCCCC(=O)OC[C@H](COP(=O)([O-])OCC[N+](C)(C)C)OC(=O)CCC/C=C/CC/C=C/CCCCCCCCCCCCCCCC. The molecule has 62 heavy (non-hydrogen) atoms. The number of quaternary nitrogens is 1. The summed E-state index contributed by atoms with van der Waals surface area (Å²) in [6.07, 6.45) is 51.9. The highest BCUT2D eigenvalue weighted by atomic mass is 31.2. The minimum Gasteiger partial charge on any atom is -0.756 e. The van der Waals surface area contributed by atoms with Gasteiger partial charge in [0.05, 0.1) is 27.7 Å². The lowest BCUT2D eigenvalue weighted by molar-refractivity contribution is -0.870. The Hall–Kier alpha value is -1.77. The van der Waals surface area contributed by atoms with Crippen molar-refractivity contribution in [2.24, 2.45) is 0 Å². The molecule has 0 spiro atoms. The highest BCUT2D eigenvalue weighted by molar-refractivity contribution is 7.45. The molecule has 0 bridgehead atoms. The smallest absolute Gasteiger partial charge is 0.306 e. The van der Waals surface area contributed by atoms with E-state index in [-0.39, 0.29) is 26.1 Å². The number of nitrogens with zero attached hydrogens (tertiary/aromatic N) is 1. The molecule has 0 saturated carbocycles. The molecule has 2 atom stereocenters. The van der Waals surface area contributed by atoms with Gasteiger partial charge in [0.1, 0.15) is 19.8 Å². The normalized spacial score (nSPS) is 13.7. The zero-order valence-corrected chi connectivity index (χ0v) is 42.0. The lowest BCUT2D eigenvalue weighted by Gasteiger charge is -2.28. The summed E-state index contributed by atoms with van der Waals surface area (Å²) in [5.41, 5.74) is 0. The lowest BCUT2D eigenvalue weighted by Crippen LogP contribution is -2.37. The largest absolute Gasteiger partial charge is 0.756 e. The Morgan fingerprint density at radius 1 is 0.484 bits per heavy atom. The van der Waals surface area contributed by atoms with Crippen LogP contribution in [0.2, 0.25) is 0 Å². The van der Waals surface area contributed by atoms with Gasteiger partial charge < -0.3 is 27.9 Å². The van der Waals surface area contributed by atoms with Gasteiger partial charge in [-0.15, -0.1) is 0 Å². The first kappa shape index (κ1) is 60.2. The molecule has 9 nitrogen and oxygen atoms in total. The van der Waals surface area contributed by atoms with Crippen LogP contribution in [0.5, 0.6) is 0 Å². The van der Waals surface area contributed by atoms with Crippen molar-refractivity contribution in [1.29, 1.82) is 0 Å². The number of ether oxygens (including phenoxy) is 2. The topological polar surface area (TPSA) is 111 Å². The first-order valence-electron chi connectivity index (χ1n) is 25.7. The van der Waals surface area contributed by atoms with Gasteiger partial charge in [-0.1, -0.05) is 192 Å². The number of allylic oxidation sites excluding steroid dienone is 6. The van der Waals surface area contributed by atoms with Crippen molar-refractivity contribution >= 4 is 19.8 Å². The van der Waals surface area contributed by atoms with Crippen LogP contribution in [0.3, 0.4) is 0 Å². The summed E-state index contributed by atoms with van der Waals surface area (Å²) < 4.78 is 34.0. The van der Waals surface area contributed by atoms with Crippen molar-refractivity contribution in [3.8, 4) is 0 Å². The van der Waals surface area contributed by atoms with Crippen molar-refractivity contribution in [3.05, 3.63) is 36.5 Å². The number of carbonyl (C=O) groups is 2. The third-order valence-corrected chi connectivity index (χ3v) is 12.1. The number of phosphoric acid groups is 1. The summed E-state index contributed by atoms with van der Waals surface area (Å²) in [5, 5.41) is 0. The van der Waals surface area contributed by atoms with E-state index in [9.17, 15) is 19.0 Å². The zero-order chi connectivity index (χ0) is 45.7. The van der Waals surface area contributed by atoms with Crippen molar-refractivity contribution < 1.29 is 42.1 Å². The maximum atomic E-state index is 12.7. The Labute approximate surface area is 382 Å². The molecule has 0 aliphatic heterocycles. The predicted octanol–water partition coefficient (Wildman–Crippen LogP) is 14.6. The Kier molecular flexibility index (Phi) is 43.2. The second-order valence-electron chi connectivity index (χ2n) is 18.5. The molecule has 0 aliphatic carbocycles. The van der Waals surface area contributed by atoms with E-state index in [1.807, 2.05) is 21.1 Å². The second-order valence-corrected chi connectivity index (χ2v) is 19.9. The van der Waals surface area contributed by atoms with Crippen LogP contribution in [0.25, 0.3) is 0 Å². The van der Waals surface area contributed by atoms with Gasteiger partial charge >= 0.3 is 11.9 Å². The molecule has 0 amide bonds. The molecular weight excluding hydrogens is 798 g/mol. The molecule has 1 unspecified atom stereocenters. The van der Waals surface area contributed by atoms with Gasteiger partial charge in [-0.05, 0) is 64.2 Å². The molecule has 0 heterocycles. The van der Waals surface area contributed by atoms with Crippen molar-refractivity contribution in [2.45, 2.75) is 238 Å². The van der Waals surface area contributed by atoms with E-state index in [0.717, 1.165) is 44.9 Å². The molecule has 0 aliphatic rings. The molecule has 0 saturated heterocycles. The Morgan fingerprint density at radius 2 is 0.871 bits per heavy atom. The zero-order valence-electron chi connectivity index (χ0n) is 41.1. The highest BCUT2D eigenvalue weighted by Gasteiger charge is 2.21. The van der Waals surface area contributed by atoms with Gasteiger partial charge in [0.2, 0.25) is 0 Å². The number of esters is 2. The number of carbonyl (C=O) groups excluding carboxylic acids is 2. The fourth-order valence-electron chi connectivity index (χ4n) is 7.07. The molecular formula is C52H98NO8P. The summed E-state index contributed by atoms with van der Waals surface area (Å²) in [6, 6.07) is 0. The Bertz CT molecular complexity index is 1150. The molecule has 0 aromatic carbocycles. The van der Waals surface area contributed by atoms with E-state index in [2.05, 4.69) is 50.3 Å². The summed E-state index contributed by atoms with van der Waals surface area (Å²) in [6.45, 7) is 4.18. The molecule has 0 radical (unpaired) electrons. The van der Waals surface area contributed by atoms with Gasteiger partial charge in [-0.25, -0.2) is 0 Å². The van der Waals surface area contributed by atoms with E-state index >= 15 is 0 Å². The average molecular weight is 896 g/mol. The number of rotatable bonds is 47. The summed E-state index contributed by atoms with van der Waals surface area (Å²) in [7, 11) is 1.15. The van der Waals surface area contributed by atoms with Crippen molar-refractivity contribution in [3.63, 3.8) is 0 Å².